The number of benzene rings is 1. The molecule has 0 radical (unpaired) electrons. The fraction of sp³-hybridized carbons (Fsp3) is 0.381. The van der Waals surface area contributed by atoms with Gasteiger partial charge >= 0.3 is 0 Å². The van der Waals surface area contributed by atoms with Crippen LogP contribution in [0.5, 0.6) is 5.75 Å². The van der Waals surface area contributed by atoms with Crippen molar-refractivity contribution in [1.82, 2.24) is 9.88 Å². The Labute approximate surface area is 182 Å². The van der Waals surface area contributed by atoms with Crippen molar-refractivity contribution in [2.45, 2.75) is 18.3 Å². The molecular weight excluding hydrogens is 422 g/mol. The quantitative estimate of drug-likeness (QED) is 0.622. The molecule has 4 heterocycles. The highest BCUT2D eigenvalue weighted by Gasteiger charge is 2.46. The van der Waals surface area contributed by atoms with Gasteiger partial charge in [-0.2, -0.15) is 0 Å². The van der Waals surface area contributed by atoms with E-state index in [-0.39, 0.29) is 17.5 Å². The first-order valence-corrected chi connectivity index (χ1v) is 10.4. The number of nitrogens with zero attached hydrogens (tertiary/aromatic N) is 2. The fourth-order valence-corrected chi connectivity index (χ4v) is 4.52. The number of terminal acetylenes is 1. The van der Waals surface area contributed by atoms with Crippen LogP contribution in [0.25, 0.3) is 11.3 Å². The smallest absolute Gasteiger partial charge is 0.277 e. The summed E-state index contributed by atoms with van der Waals surface area (Å²) < 4.78 is 17.5. The Kier molecular flexibility index (Phi) is 5.68. The van der Waals surface area contributed by atoms with E-state index in [1.54, 1.807) is 25.2 Å². The van der Waals surface area contributed by atoms with Gasteiger partial charge in [0.05, 0.1) is 23.8 Å². The number of hydrogen-bond donors (Lipinski definition) is 2. The Morgan fingerprint density at radius 2 is 2.16 bits per heavy atom. The molecule has 0 aliphatic carbocycles. The minimum absolute atomic E-state index is 0.148. The van der Waals surface area contributed by atoms with E-state index >= 15 is 0 Å². The first-order valence-electron chi connectivity index (χ1n) is 9.60. The van der Waals surface area contributed by atoms with Gasteiger partial charge in [-0.15, -0.1) is 17.8 Å². The molecule has 3 aliphatic heterocycles. The summed E-state index contributed by atoms with van der Waals surface area (Å²) in [4.78, 5) is 28.7. The molecule has 10 heteroatoms. The predicted molar refractivity (Wildman–Crippen MR) is 111 cm³/mol. The molecule has 0 bridgehead atoms. The second-order valence-electron chi connectivity index (χ2n) is 7.22. The Balaban J connectivity index is 0.000000245. The van der Waals surface area contributed by atoms with Crippen molar-refractivity contribution >= 4 is 23.2 Å². The van der Waals surface area contributed by atoms with Crippen molar-refractivity contribution in [3.8, 4) is 29.4 Å². The van der Waals surface area contributed by atoms with Gasteiger partial charge in [-0.3, -0.25) is 9.59 Å². The summed E-state index contributed by atoms with van der Waals surface area (Å²) in [6, 6.07) is 5.37. The number of nitrogens with two attached hydrogens (primary N) is 1. The number of hydrogen-bond acceptors (Lipinski definition) is 8. The lowest BCUT2D eigenvalue weighted by atomic mass is 10.0. The summed E-state index contributed by atoms with van der Waals surface area (Å²) in [6.45, 7) is 1.75. The van der Waals surface area contributed by atoms with Crippen LogP contribution in [0.4, 0.5) is 0 Å². The van der Waals surface area contributed by atoms with E-state index in [0.717, 1.165) is 11.3 Å². The number of aliphatic hydroxyl groups is 1. The molecule has 9 nitrogen and oxygen atoms in total. The largest absolute Gasteiger partial charge is 0.487 e. The molecule has 162 valence electrons. The highest BCUT2D eigenvalue weighted by Crippen LogP contribution is 2.47. The topological polar surface area (TPSA) is 124 Å². The Morgan fingerprint density at radius 3 is 2.71 bits per heavy atom. The Bertz CT molecular complexity index is 1060. The third kappa shape index (κ3) is 3.88. The number of likely N-dealkylation sites (N-methyl/N-ethyl adjacent to an activating group) is 1. The number of fused-ring (bicyclic) bond motifs is 4. The monoisotopic (exact) mass is 443 g/mol. The minimum Gasteiger partial charge on any atom is -0.487 e. The maximum atomic E-state index is 11.6. The number of carbonyl (C=O) groups excluding carboxylic acids is 2. The van der Waals surface area contributed by atoms with E-state index in [1.165, 1.54) is 4.90 Å². The summed E-state index contributed by atoms with van der Waals surface area (Å²) in [6.07, 6.45) is 5.35. The molecule has 2 amide bonds. The Morgan fingerprint density at radius 1 is 1.42 bits per heavy atom. The summed E-state index contributed by atoms with van der Waals surface area (Å²) in [5.74, 6) is 1.40. The maximum Gasteiger partial charge on any atom is 0.277 e. The number of likely N-dealkylation sites (tertiary alicyclic amines) is 1. The van der Waals surface area contributed by atoms with Crippen molar-refractivity contribution in [1.29, 1.82) is 0 Å². The third-order valence-electron chi connectivity index (χ3n) is 5.16. The number of amides is 2. The van der Waals surface area contributed by atoms with E-state index in [9.17, 15) is 9.59 Å². The standard InChI is InChI=1S/C16H12N2O4S.C5H9NO2/c1-2-9-3-4-11-10(7-9)12-13(23-15(18-12)14(17)19)16(8-20-11)21-5-6-22-16;1-6-3-2-4(7)5(6)8/h1,3-4,7H,5-6,8H2,(H2,17,19);4,7H,2-3H2,1H3. The minimum atomic E-state index is -1.06. The van der Waals surface area contributed by atoms with Crippen LogP contribution in [0.15, 0.2) is 18.2 Å². The first-order chi connectivity index (χ1) is 14.8. The van der Waals surface area contributed by atoms with Crippen molar-refractivity contribution in [3.63, 3.8) is 0 Å². The molecule has 2 saturated heterocycles. The van der Waals surface area contributed by atoms with Crippen LogP contribution < -0.4 is 10.5 Å². The highest BCUT2D eigenvalue weighted by atomic mass is 32.1. The van der Waals surface area contributed by atoms with Crippen molar-refractivity contribution in [2.75, 3.05) is 33.4 Å². The zero-order valence-corrected chi connectivity index (χ0v) is 17.6. The normalized spacial score (nSPS) is 20.7. The molecular formula is C21H21N3O6S. The lowest BCUT2D eigenvalue weighted by molar-refractivity contribution is -0.182. The number of rotatable bonds is 1. The summed E-state index contributed by atoms with van der Waals surface area (Å²) in [5.41, 5.74) is 7.35. The number of aromatic nitrogens is 1. The molecule has 5 rings (SSSR count). The molecule has 2 fully saturated rings. The van der Waals surface area contributed by atoms with Crippen molar-refractivity contribution in [3.05, 3.63) is 33.6 Å². The van der Waals surface area contributed by atoms with Gasteiger partial charge in [-0.05, 0) is 24.6 Å². The first kappa shape index (κ1) is 21.3. The molecule has 31 heavy (non-hydrogen) atoms. The molecule has 2 aromatic rings. The van der Waals surface area contributed by atoms with Crippen LogP contribution in [0.2, 0.25) is 0 Å². The van der Waals surface area contributed by atoms with Crippen LogP contribution in [0, 0.1) is 12.3 Å². The lowest BCUT2D eigenvalue weighted by Gasteiger charge is -2.24. The Hall–Kier alpha value is -2.97. The average Bonchev–Trinajstić information content (AvgIpc) is 3.47. The molecule has 1 spiro atoms. The number of carbonyl (C=O) groups is 2. The molecule has 1 aromatic heterocycles. The average molecular weight is 443 g/mol. The van der Waals surface area contributed by atoms with E-state index in [1.807, 2.05) is 0 Å². The fourth-order valence-electron chi connectivity index (χ4n) is 3.51. The van der Waals surface area contributed by atoms with E-state index < -0.39 is 17.8 Å². The van der Waals surface area contributed by atoms with Crippen LogP contribution in [-0.2, 0) is 20.1 Å². The number of thiazole rings is 1. The van der Waals surface area contributed by atoms with Gasteiger partial charge in [0.2, 0.25) is 5.79 Å². The zero-order chi connectivity index (χ0) is 22.2. The second kappa shape index (κ2) is 8.28. The van der Waals surface area contributed by atoms with E-state index in [2.05, 4.69) is 10.9 Å². The number of primary amides is 1. The van der Waals surface area contributed by atoms with Gasteiger partial charge in [0.25, 0.3) is 11.8 Å². The maximum absolute atomic E-state index is 11.6. The zero-order valence-electron chi connectivity index (χ0n) is 16.8. The molecule has 1 aromatic carbocycles. The van der Waals surface area contributed by atoms with Gasteiger partial charge in [-0.1, -0.05) is 5.92 Å². The molecule has 3 N–H and O–H groups in total. The van der Waals surface area contributed by atoms with Gasteiger partial charge in [0.1, 0.15) is 18.5 Å². The SMILES string of the molecule is C#Cc1ccc2c(c1)-c1nc(C(N)=O)sc1C1(CO2)OCCO1.CN1CCC(O)C1=O. The van der Waals surface area contributed by atoms with Crippen LogP contribution in [0.3, 0.4) is 0 Å². The second-order valence-corrected chi connectivity index (χ2v) is 8.22. The van der Waals surface area contributed by atoms with Gasteiger partial charge in [0.15, 0.2) is 5.01 Å². The van der Waals surface area contributed by atoms with E-state index in [4.69, 9.17) is 31.5 Å². The van der Waals surface area contributed by atoms with E-state index in [0.29, 0.717) is 53.6 Å². The number of ether oxygens (including phenoxy) is 3. The molecule has 1 unspecified atom stereocenters. The number of aliphatic hydroxyl groups excluding tert-OH is 1. The summed E-state index contributed by atoms with van der Waals surface area (Å²) in [5, 5.41) is 8.98. The van der Waals surface area contributed by atoms with Crippen LogP contribution >= 0.6 is 11.3 Å². The third-order valence-corrected chi connectivity index (χ3v) is 6.35. The lowest BCUT2D eigenvalue weighted by Crippen LogP contribution is -2.33. The van der Waals surface area contributed by atoms with Crippen molar-refractivity contribution < 1.29 is 28.9 Å². The molecule has 0 saturated carbocycles. The molecule has 1 atom stereocenters. The molecule has 3 aliphatic rings. The van der Waals surface area contributed by atoms with Crippen LogP contribution in [0.1, 0.15) is 26.7 Å². The van der Waals surface area contributed by atoms with Crippen molar-refractivity contribution in [2.24, 2.45) is 5.73 Å². The highest BCUT2D eigenvalue weighted by molar-refractivity contribution is 7.14. The van der Waals surface area contributed by atoms with Gasteiger partial charge in [-0.25, -0.2) is 4.98 Å². The van der Waals surface area contributed by atoms with Gasteiger partial charge in [0, 0.05) is 24.7 Å². The van der Waals surface area contributed by atoms with Gasteiger partial charge < -0.3 is 30.0 Å². The van der Waals surface area contributed by atoms with Crippen LogP contribution in [-0.4, -0.2) is 66.3 Å². The summed E-state index contributed by atoms with van der Waals surface area (Å²) >= 11 is 1.16. The summed E-state index contributed by atoms with van der Waals surface area (Å²) in [7, 11) is 1.69. The predicted octanol–water partition coefficient (Wildman–Crippen LogP) is 0.692.